The predicted octanol–water partition coefficient (Wildman–Crippen LogP) is 2.69. The summed E-state index contributed by atoms with van der Waals surface area (Å²) in [7, 11) is -3.45. The average Bonchev–Trinajstić information content (AvgIpc) is 2.38. The molecular weight excluding hydrogens is 274 g/mol. The van der Waals surface area contributed by atoms with E-state index in [1.54, 1.807) is 35.5 Å². The minimum atomic E-state index is -3.45. The van der Waals surface area contributed by atoms with Gasteiger partial charge in [-0.15, -0.1) is 0 Å². The van der Waals surface area contributed by atoms with Crippen molar-refractivity contribution in [2.45, 2.75) is 63.1 Å². The van der Waals surface area contributed by atoms with Gasteiger partial charge in [-0.3, -0.25) is 0 Å². The summed E-state index contributed by atoms with van der Waals surface area (Å²) in [5, 5.41) is 9.49. The lowest BCUT2D eigenvalue weighted by Gasteiger charge is -2.37. The summed E-state index contributed by atoms with van der Waals surface area (Å²) in [6, 6.07) is 6.62. The zero-order chi connectivity index (χ0) is 14.9. The number of aliphatic hydroxyl groups excluding tert-OH is 1. The van der Waals surface area contributed by atoms with Crippen LogP contribution in [0.4, 0.5) is 0 Å². The second-order valence-electron chi connectivity index (χ2n) is 5.71. The van der Waals surface area contributed by atoms with Gasteiger partial charge in [-0.2, -0.15) is 4.31 Å². The molecule has 1 aliphatic heterocycles. The van der Waals surface area contributed by atoms with E-state index in [-0.39, 0.29) is 12.1 Å². The van der Waals surface area contributed by atoms with Gasteiger partial charge in [-0.25, -0.2) is 8.42 Å². The van der Waals surface area contributed by atoms with Crippen LogP contribution in [-0.2, 0) is 10.0 Å². The molecule has 1 aliphatic rings. The summed E-state index contributed by atoms with van der Waals surface area (Å²) in [6.07, 6.45) is 2.32. The highest BCUT2D eigenvalue weighted by molar-refractivity contribution is 7.89. The summed E-state index contributed by atoms with van der Waals surface area (Å²) >= 11 is 0. The third kappa shape index (κ3) is 2.90. The van der Waals surface area contributed by atoms with Crippen LogP contribution in [0.25, 0.3) is 0 Å². The van der Waals surface area contributed by atoms with Gasteiger partial charge in [0, 0.05) is 12.1 Å². The van der Waals surface area contributed by atoms with Crippen molar-refractivity contribution < 1.29 is 13.5 Å². The SMILES string of the molecule is CC(O)c1ccc(S(=O)(=O)N2C(C)CCCC2C)cc1. The maximum atomic E-state index is 12.8. The first-order chi connectivity index (χ1) is 9.34. The molecule has 4 nitrogen and oxygen atoms in total. The van der Waals surface area contributed by atoms with Crippen molar-refractivity contribution in [2.75, 3.05) is 0 Å². The van der Waals surface area contributed by atoms with Gasteiger partial charge in [0.2, 0.25) is 10.0 Å². The molecule has 1 aromatic carbocycles. The normalized spacial score (nSPS) is 26.4. The first kappa shape index (κ1) is 15.5. The molecule has 1 aromatic rings. The Balaban J connectivity index is 2.34. The van der Waals surface area contributed by atoms with Crippen LogP contribution < -0.4 is 0 Å². The minimum Gasteiger partial charge on any atom is -0.389 e. The monoisotopic (exact) mass is 297 g/mol. The molecule has 3 unspecified atom stereocenters. The van der Waals surface area contributed by atoms with Crippen LogP contribution in [0.2, 0.25) is 0 Å². The van der Waals surface area contributed by atoms with Gasteiger partial charge in [0.15, 0.2) is 0 Å². The van der Waals surface area contributed by atoms with Crippen LogP contribution in [0.15, 0.2) is 29.2 Å². The highest BCUT2D eigenvalue weighted by atomic mass is 32.2. The Kier molecular flexibility index (Phi) is 4.52. The van der Waals surface area contributed by atoms with Crippen LogP contribution in [0.5, 0.6) is 0 Å². The van der Waals surface area contributed by atoms with E-state index in [4.69, 9.17) is 0 Å². The van der Waals surface area contributed by atoms with Gasteiger partial charge >= 0.3 is 0 Å². The van der Waals surface area contributed by atoms with Crippen molar-refractivity contribution in [1.82, 2.24) is 4.31 Å². The summed E-state index contributed by atoms with van der Waals surface area (Å²) in [4.78, 5) is 0.308. The Morgan fingerprint density at radius 3 is 2.10 bits per heavy atom. The second kappa shape index (κ2) is 5.84. The Bertz CT molecular complexity index is 541. The van der Waals surface area contributed by atoms with Gasteiger partial charge in [-0.1, -0.05) is 18.6 Å². The molecule has 0 spiro atoms. The highest BCUT2D eigenvalue weighted by Gasteiger charge is 2.35. The molecule has 5 heteroatoms. The molecule has 0 aliphatic carbocycles. The van der Waals surface area contributed by atoms with E-state index in [1.165, 1.54) is 0 Å². The Morgan fingerprint density at radius 2 is 1.65 bits per heavy atom. The second-order valence-corrected chi connectivity index (χ2v) is 7.55. The van der Waals surface area contributed by atoms with Crippen LogP contribution in [0.1, 0.15) is 51.7 Å². The van der Waals surface area contributed by atoms with E-state index in [2.05, 4.69) is 0 Å². The third-order valence-electron chi connectivity index (χ3n) is 4.05. The molecular formula is C15H23NO3S. The lowest BCUT2D eigenvalue weighted by atomic mass is 10.0. The molecule has 2 rings (SSSR count). The van der Waals surface area contributed by atoms with Crippen molar-refractivity contribution >= 4 is 10.0 Å². The van der Waals surface area contributed by atoms with Crippen LogP contribution in [0.3, 0.4) is 0 Å². The highest BCUT2D eigenvalue weighted by Crippen LogP contribution is 2.29. The molecule has 0 bridgehead atoms. The van der Waals surface area contributed by atoms with Gasteiger partial charge in [0.25, 0.3) is 0 Å². The fourth-order valence-corrected chi connectivity index (χ4v) is 4.79. The molecule has 112 valence electrons. The zero-order valence-corrected chi connectivity index (χ0v) is 13.1. The first-order valence-electron chi connectivity index (χ1n) is 7.15. The molecule has 1 heterocycles. The topological polar surface area (TPSA) is 57.6 Å². The minimum absolute atomic E-state index is 0.0418. The average molecular weight is 297 g/mol. The Labute approximate surface area is 121 Å². The fraction of sp³-hybridized carbons (Fsp3) is 0.600. The van der Waals surface area contributed by atoms with Crippen molar-refractivity contribution in [2.24, 2.45) is 0 Å². The number of aliphatic hydroxyl groups is 1. The number of hydrogen-bond acceptors (Lipinski definition) is 3. The lowest BCUT2D eigenvalue weighted by molar-refractivity contribution is 0.199. The number of piperidine rings is 1. The van der Waals surface area contributed by atoms with Crippen molar-refractivity contribution in [1.29, 1.82) is 0 Å². The van der Waals surface area contributed by atoms with Crippen LogP contribution in [-0.4, -0.2) is 29.9 Å². The first-order valence-corrected chi connectivity index (χ1v) is 8.59. The zero-order valence-electron chi connectivity index (χ0n) is 12.3. The number of nitrogens with zero attached hydrogens (tertiary/aromatic N) is 1. The number of sulfonamides is 1. The van der Waals surface area contributed by atoms with Gasteiger partial charge in [0.1, 0.15) is 0 Å². The van der Waals surface area contributed by atoms with Gasteiger partial charge in [0.05, 0.1) is 11.0 Å². The van der Waals surface area contributed by atoms with Crippen LogP contribution >= 0.6 is 0 Å². The molecule has 1 N–H and O–H groups in total. The largest absolute Gasteiger partial charge is 0.389 e. The summed E-state index contributed by atoms with van der Waals surface area (Å²) < 4.78 is 27.1. The molecule has 1 fully saturated rings. The molecule has 0 aromatic heterocycles. The molecule has 1 saturated heterocycles. The quantitative estimate of drug-likeness (QED) is 0.933. The Morgan fingerprint density at radius 1 is 1.15 bits per heavy atom. The fourth-order valence-electron chi connectivity index (χ4n) is 2.91. The van der Waals surface area contributed by atoms with E-state index in [9.17, 15) is 13.5 Å². The molecule has 0 radical (unpaired) electrons. The van der Waals surface area contributed by atoms with Gasteiger partial charge in [-0.05, 0) is 51.3 Å². The standard InChI is InChI=1S/C15H23NO3S/c1-11-5-4-6-12(2)16(11)20(18,19)15-9-7-14(8-10-15)13(3)17/h7-13,17H,4-6H2,1-3H3. The number of rotatable bonds is 3. The van der Waals surface area contributed by atoms with E-state index in [0.29, 0.717) is 4.90 Å². The summed E-state index contributed by atoms with van der Waals surface area (Å²) in [5.74, 6) is 0. The molecule has 20 heavy (non-hydrogen) atoms. The van der Waals surface area contributed by atoms with Crippen molar-refractivity contribution in [3.8, 4) is 0 Å². The van der Waals surface area contributed by atoms with Crippen molar-refractivity contribution in [3.05, 3.63) is 29.8 Å². The van der Waals surface area contributed by atoms with Crippen molar-refractivity contribution in [3.63, 3.8) is 0 Å². The van der Waals surface area contributed by atoms with Gasteiger partial charge < -0.3 is 5.11 Å². The van der Waals surface area contributed by atoms with E-state index >= 15 is 0 Å². The molecule has 0 amide bonds. The number of hydrogen-bond donors (Lipinski definition) is 1. The Hall–Kier alpha value is -0.910. The number of benzene rings is 1. The van der Waals surface area contributed by atoms with Crippen LogP contribution in [0, 0.1) is 0 Å². The lowest BCUT2D eigenvalue weighted by Crippen LogP contribution is -2.47. The summed E-state index contributed by atoms with van der Waals surface area (Å²) in [6.45, 7) is 5.60. The van der Waals surface area contributed by atoms with E-state index in [0.717, 1.165) is 24.8 Å². The maximum Gasteiger partial charge on any atom is 0.243 e. The molecule has 3 atom stereocenters. The molecule has 0 saturated carbocycles. The smallest absolute Gasteiger partial charge is 0.243 e. The summed E-state index contributed by atoms with van der Waals surface area (Å²) in [5.41, 5.74) is 0.726. The van der Waals surface area contributed by atoms with E-state index < -0.39 is 16.1 Å². The van der Waals surface area contributed by atoms with E-state index in [1.807, 2.05) is 13.8 Å². The predicted molar refractivity (Wildman–Crippen MR) is 78.9 cm³/mol. The maximum absolute atomic E-state index is 12.8. The third-order valence-corrected chi connectivity index (χ3v) is 6.19.